The van der Waals surface area contributed by atoms with Crippen LogP contribution < -0.4 is 11.1 Å². The molecule has 2 rings (SSSR count). The molecule has 0 aliphatic carbocycles. The maximum absolute atomic E-state index is 13.5. The summed E-state index contributed by atoms with van der Waals surface area (Å²) in [5, 5.41) is 3.21. The summed E-state index contributed by atoms with van der Waals surface area (Å²) in [6.07, 6.45) is 1.74. The molecule has 88 valence electrons. The van der Waals surface area contributed by atoms with Crippen LogP contribution in [-0.4, -0.2) is 13.1 Å². The Balaban J connectivity index is 2.22. The molecule has 1 aliphatic heterocycles. The van der Waals surface area contributed by atoms with E-state index in [4.69, 9.17) is 5.73 Å². The molecule has 3 N–H and O–H groups in total. The van der Waals surface area contributed by atoms with Gasteiger partial charge >= 0.3 is 0 Å². The van der Waals surface area contributed by atoms with Crippen LogP contribution in [0.25, 0.3) is 0 Å². The Morgan fingerprint density at radius 1 is 1.19 bits per heavy atom. The van der Waals surface area contributed by atoms with E-state index in [2.05, 4.69) is 5.32 Å². The zero-order valence-electron chi connectivity index (χ0n) is 9.05. The van der Waals surface area contributed by atoms with Gasteiger partial charge in [0.25, 0.3) is 0 Å². The van der Waals surface area contributed by atoms with Crippen LogP contribution >= 0.6 is 0 Å². The van der Waals surface area contributed by atoms with E-state index in [0.717, 1.165) is 25.9 Å². The van der Waals surface area contributed by atoms with E-state index >= 15 is 0 Å². The van der Waals surface area contributed by atoms with Crippen LogP contribution in [0.3, 0.4) is 0 Å². The second-order valence-electron chi connectivity index (χ2n) is 4.25. The maximum Gasteiger partial charge on any atom is 0.130 e. The van der Waals surface area contributed by atoms with Gasteiger partial charge in [-0.05, 0) is 44.0 Å². The van der Waals surface area contributed by atoms with E-state index < -0.39 is 17.7 Å². The fourth-order valence-electron chi connectivity index (χ4n) is 2.27. The lowest BCUT2D eigenvalue weighted by molar-refractivity contribution is 0.311. The zero-order valence-corrected chi connectivity index (χ0v) is 9.05. The molecule has 0 bridgehead atoms. The predicted octanol–water partition coefficient (Wildman–Crippen LogP) is 1.96. The van der Waals surface area contributed by atoms with E-state index in [-0.39, 0.29) is 11.5 Å². The number of nitrogens with two attached hydrogens (primary N) is 1. The number of nitrogens with one attached hydrogen (secondary N) is 1. The second-order valence-corrected chi connectivity index (χ2v) is 4.25. The van der Waals surface area contributed by atoms with Gasteiger partial charge in [-0.25, -0.2) is 8.78 Å². The lowest BCUT2D eigenvalue weighted by Crippen LogP contribution is -2.34. The predicted molar refractivity (Wildman–Crippen MR) is 58.9 cm³/mol. The molecule has 0 spiro atoms. The molecule has 0 radical (unpaired) electrons. The summed E-state index contributed by atoms with van der Waals surface area (Å²) in [6.45, 7) is 1.74. The number of piperidine rings is 1. The van der Waals surface area contributed by atoms with Crippen molar-refractivity contribution >= 4 is 0 Å². The molecule has 16 heavy (non-hydrogen) atoms. The van der Waals surface area contributed by atoms with Crippen molar-refractivity contribution in [2.75, 3.05) is 13.1 Å². The van der Waals surface area contributed by atoms with Gasteiger partial charge in [0.15, 0.2) is 0 Å². The van der Waals surface area contributed by atoms with Crippen molar-refractivity contribution in [1.29, 1.82) is 0 Å². The molecular formula is C12H16F2N2. The second kappa shape index (κ2) is 4.89. The van der Waals surface area contributed by atoms with Crippen LogP contribution in [0.15, 0.2) is 18.2 Å². The fourth-order valence-corrected chi connectivity index (χ4v) is 2.27. The minimum atomic E-state index is -0.539. The minimum absolute atomic E-state index is 0.0365. The molecule has 0 unspecified atom stereocenters. The highest BCUT2D eigenvalue weighted by Crippen LogP contribution is 2.29. The summed E-state index contributed by atoms with van der Waals surface area (Å²) in [6, 6.07) is 3.35. The van der Waals surface area contributed by atoms with Gasteiger partial charge in [0, 0.05) is 11.6 Å². The van der Waals surface area contributed by atoms with Crippen molar-refractivity contribution in [3.8, 4) is 0 Å². The summed E-state index contributed by atoms with van der Waals surface area (Å²) in [7, 11) is 0. The van der Waals surface area contributed by atoms with Gasteiger partial charge in [-0.3, -0.25) is 0 Å². The quantitative estimate of drug-likeness (QED) is 0.809. The van der Waals surface area contributed by atoms with E-state index in [9.17, 15) is 8.78 Å². The third-order valence-electron chi connectivity index (χ3n) is 3.22. The average Bonchev–Trinajstić information content (AvgIpc) is 2.30. The van der Waals surface area contributed by atoms with E-state index in [0.29, 0.717) is 0 Å². The Hall–Kier alpha value is -1.00. The Labute approximate surface area is 93.8 Å². The number of hydrogen-bond donors (Lipinski definition) is 2. The molecule has 1 atom stereocenters. The SMILES string of the molecule is N[C@@H](c1c(F)cccc1F)C1CCNCC1. The third-order valence-corrected chi connectivity index (χ3v) is 3.22. The van der Waals surface area contributed by atoms with Crippen LogP contribution in [-0.2, 0) is 0 Å². The highest BCUT2D eigenvalue weighted by molar-refractivity contribution is 5.23. The smallest absolute Gasteiger partial charge is 0.130 e. The summed E-state index contributed by atoms with van der Waals surface area (Å²) in [4.78, 5) is 0. The number of benzene rings is 1. The topological polar surface area (TPSA) is 38.0 Å². The third kappa shape index (κ3) is 2.23. The molecule has 1 heterocycles. The normalized spacial score (nSPS) is 19.7. The molecule has 1 saturated heterocycles. The number of halogens is 2. The van der Waals surface area contributed by atoms with Crippen LogP contribution in [0, 0.1) is 17.6 Å². The maximum atomic E-state index is 13.5. The van der Waals surface area contributed by atoms with Crippen molar-refractivity contribution in [3.63, 3.8) is 0 Å². The monoisotopic (exact) mass is 226 g/mol. The Kier molecular flexibility index (Phi) is 3.51. The number of rotatable bonds is 2. The van der Waals surface area contributed by atoms with Crippen molar-refractivity contribution < 1.29 is 8.78 Å². The zero-order chi connectivity index (χ0) is 11.5. The largest absolute Gasteiger partial charge is 0.324 e. The van der Waals surface area contributed by atoms with Crippen molar-refractivity contribution in [2.45, 2.75) is 18.9 Å². The van der Waals surface area contributed by atoms with Gasteiger partial charge in [0.2, 0.25) is 0 Å². The van der Waals surface area contributed by atoms with Gasteiger partial charge < -0.3 is 11.1 Å². The van der Waals surface area contributed by atoms with Gasteiger partial charge in [0.05, 0.1) is 0 Å². The van der Waals surface area contributed by atoms with Gasteiger partial charge in [0.1, 0.15) is 11.6 Å². The lowest BCUT2D eigenvalue weighted by atomic mass is 9.86. The first-order chi connectivity index (χ1) is 7.70. The lowest BCUT2D eigenvalue weighted by Gasteiger charge is -2.28. The molecule has 1 aliphatic rings. The molecular weight excluding hydrogens is 210 g/mol. The first kappa shape index (κ1) is 11.5. The average molecular weight is 226 g/mol. The van der Waals surface area contributed by atoms with Gasteiger partial charge in [-0.15, -0.1) is 0 Å². The highest BCUT2D eigenvalue weighted by Gasteiger charge is 2.26. The summed E-state index contributed by atoms with van der Waals surface area (Å²) in [5.41, 5.74) is 6.00. The Morgan fingerprint density at radius 3 is 2.31 bits per heavy atom. The molecule has 1 fully saturated rings. The van der Waals surface area contributed by atoms with Crippen LogP contribution in [0.4, 0.5) is 8.78 Å². The molecule has 1 aromatic carbocycles. The standard InChI is InChI=1S/C12H16F2N2/c13-9-2-1-3-10(14)11(9)12(15)8-4-6-16-7-5-8/h1-3,8,12,16H,4-7,15H2/t12-/m1/s1. The van der Waals surface area contributed by atoms with Crippen molar-refractivity contribution in [1.82, 2.24) is 5.32 Å². The molecule has 4 heteroatoms. The fraction of sp³-hybridized carbons (Fsp3) is 0.500. The number of hydrogen-bond acceptors (Lipinski definition) is 2. The molecule has 0 amide bonds. The van der Waals surface area contributed by atoms with Gasteiger partial charge in [-0.1, -0.05) is 6.07 Å². The van der Waals surface area contributed by atoms with Gasteiger partial charge in [-0.2, -0.15) is 0 Å². The molecule has 0 aromatic heterocycles. The molecule has 1 aromatic rings. The minimum Gasteiger partial charge on any atom is -0.324 e. The summed E-state index contributed by atoms with van der Waals surface area (Å²) < 4.78 is 27.0. The summed E-state index contributed by atoms with van der Waals surface area (Å²) >= 11 is 0. The molecule has 0 saturated carbocycles. The first-order valence-corrected chi connectivity index (χ1v) is 5.60. The van der Waals surface area contributed by atoms with Crippen molar-refractivity contribution in [2.24, 2.45) is 11.7 Å². The molecule has 2 nitrogen and oxygen atoms in total. The summed E-state index contributed by atoms with van der Waals surface area (Å²) in [5.74, 6) is -0.912. The van der Waals surface area contributed by atoms with Crippen LogP contribution in [0.5, 0.6) is 0 Å². The highest BCUT2D eigenvalue weighted by atomic mass is 19.1. The van der Waals surface area contributed by atoms with Crippen LogP contribution in [0.2, 0.25) is 0 Å². The van der Waals surface area contributed by atoms with E-state index in [1.54, 1.807) is 0 Å². The first-order valence-electron chi connectivity index (χ1n) is 5.60. The van der Waals surface area contributed by atoms with Crippen LogP contribution in [0.1, 0.15) is 24.4 Å². The van der Waals surface area contributed by atoms with E-state index in [1.165, 1.54) is 18.2 Å². The Morgan fingerprint density at radius 2 is 1.75 bits per heavy atom. The van der Waals surface area contributed by atoms with E-state index in [1.807, 2.05) is 0 Å². The van der Waals surface area contributed by atoms with Crippen molar-refractivity contribution in [3.05, 3.63) is 35.4 Å². The Bertz CT molecular complexity index is 342.